The Kier molecular flexibility index (Phi) is 4.17. The van der Waals surface area contributed by atoms with Crippen molar-refractivity contribution in [1.82, 2.24) is 9.97 Å². The number of aromatic nitrogens is 2. The van der Waals surface area contributed by atoms with E-state index in [4.69, 9.17) is 10.7 Å². The van der Waals surface area contributed by atoms with E-state index in [1.807, 2.05) is 23.1 Å². The number of nitrogen functional groups attached to an aromatic ring is 1. The van der Waals surface area contributed by atoms with Crippen molar-refractivity contribution in [3.63, 3.8) is 0 Å². The fourth-order valence-electron chi connectivity index (χ4n) is 2.63. The molecule has 0 aromatic carbocycles. The van der Waals surface area contributed by atoms with Crippen LogP contribution >= 0.6 is 23.1 Å². The van der Waals surface area contributed by atoms with E-state index in [1.54, 1.807) is 0 Å². The average molecular weight is 307 g/mol. The summed E-state index contributed by atoms with van der Waals surface area (Å²) >= 11 is 3.73. The molecule has 0 radical (unpaired) electrons. The fraction of sp³-hybridized carbons (Fsp3) is 0.600. The van der Waals surface area contributed by atoms with E-state index < -0.39 is 0 Å². The molecular weight excluding hydrogens is 286 g/mol. The first-order chi connectivity index (χ1) is 9.69. The number of hydrogen-bond acceptors (Lipinski definition) is 5. The Morgan fingerprint density at radius 3 is 2.90 bits per heavy atom. The molecule has 1 unspecified atom stereocenters. The number of thioether (sulfide) groups is 1. The van der Waals surface area contributed by atoms with Crippen LogP contribution in [0.4, 0.5) is 5.82 Å². The predicted molar refractivity (Wildman–Crippen MR) is 89.5 cm³/mol. The monoisotopic (exact) mass is 307 g/mol. The maximum Gasteiger partial charge on any atom is 0.142 e. The topological polar surface area (TPSA) is 51.8 Å². The average Bonchev–Trinajstić information content (AvgIpc) is 2.83. The van der Waals surface area contributed by atoms with Crippen LogP contribution in [0.3, 0.4) is 0 Å². The maximum atomic E-state index is 6.21. The zero-order chi connectivity index (χ0) is 14.1. The van der Waals surface area contributed by atoms with Crippen LogP contribution in [0.5, 0.6) is 0 Å². The van der Waals surface area contributed by atoms with Gasteiger partial charge in [-0.15, -0.1) is 11.3 Å². The predicted octanol–water partition coefficient (Wildman–Crippen LogP) is 4.18. The minimum atomic E-state index is 0.645. The summed E-state index contributed by atoms with van der Waals surface area (Å²) in [6, 6.07) is 0. The molecule has 1 atom stereocenters. The Bertz CT molecular complexity index is 621. The minimum Gasteiger partial charge on any atom is -0.383 e. The molecule has 0 saturated heterocycles. The summed E-state index contributed by atoms with van der Waals surface area (Å²) in [5.74, 6) is 2.44. The van der Waals surface area contributed by atoms with Crippen LogP contribution in [0.15, 0.2) is 0 Å². The molecule has 2 N–H and O–H groups in total. The molecule has 0 bridgehead atoms. The summed E-state index contributed by atoms with van der Waals surface area (Å²) in [5, 5.41) is 1.79. The first kappa shape index (κ1) is 14.1. The van der Waals surface area contributed by atoms with Crippen molar-refractivity contribution < 1.29 is 0 Å². The molecule has 5 heteroatoms. The van der Waals surface area contributed by atoms with E-state index >= 15 is 0 Å². The summed E-state index contributed by atoms with van der Waals surface area (Å²) in [6.07, 6.45) is 6.07. The normalized spacial score (nSPS) is 16.3. The van der Waals surface area contributed by atoms with Gasteiger partial charge in [0.25, 0.3) is 0 Å². The highest BCUT2D eigenvalue weighted by Crippen LogP contribution is 2.38. The van der Waals surface area contributed by atoms with E-state index in [2.05, 4.69) is 18.8 Å². The highest BCUT2D eigenvalue weighted by atomic mass is 32.2. The lowest BCUT2D eigenvalue weighted by atomic mass is 9.97. The van der Waals surface area contributed by atoms with Crippen molar-refractivity contribution in [1.29, 1.82) is 0 Å². The van der Waals surface area contributed by atoms with Crippen molar-refractivity contribution >= 4 is 39.1 Å². The molecule has 0 saturated carbocycles. The van der Waals surface area contributed by atoms with Gasteiger partial charge >= 0.3 is 0 Å². The molecule has 2 heterocycles. The second-order valence-corrected chi connectivity index (χ2v) is 7.96. The lowest BCUT2D eigenvalue weighted by Crippen LogP contribution is -2.03. The van der Waals surface area contributed by atoms with Gasteiger partial charge in [0.15, 0.2) is 0 Å². The zero-order valence-electron chi connectivity index (χ0n) is 12.1. The second kappa shape index (κ2) is 5.90. The first-order valence-corrected chi connectivity index (χ1v) is 9.23. The van der Waals surface area contributed by atoms with E-state index in [0.29, 0.717) is 11.1 Å². The summed E-state index contributed by atoms with van der Waals surface area (Å²) in [7, 11) is 0. The number of hydrogen-bond donors (Lipinski definition) is 1. The molecule has 0 fully saturated rings. The van der Waals surface area contributed by atoms with Crippen molar-refractivity contribution in [2.45, 2.75) is 57.0 Å². The van der Waals surface area contributed by atoms with Gasteiger partial charge in [0.2, 0.25) is 0 Å². The zero-order valence-corrected chi connectivity index (χ0v) is 13.7. The third kappa shape index (κ3) is 2.66. The van der Waals surface area contributed by atoms with Crippen LogP contribution in [0.1, 0.15) is 49.4 Å². The fourth-order valence-corrected chi connectivity index (χ4v) is 4.72. The van der Waals surface area contributed by atoms with Gasteiger partial charge in [0.1, 0.15) is 16.5 Å². The van der Waals surface area contributed by atoms with E-state index in [-0.39, 0.29) is 0 Å². The van der Waals surface area contributed by atoms with Gasteiger partial charge in [-0.1, -0.05) is 13.8 Å². The standard InChI is InChI=1S/C15H21N3S2/c1-3-9(2)19-8-12-17-14(16)13-10-6-4-5-7-11(10)20-15(13)18-12/h9H,3-8H2,1-2H3,(H2,16,17,18). The largest absolute Gasteiger partial charge is 0.383 e. The lowest BCUT2D eigenvalue weighted by Gasteiger charge is -2.11. The Labute approximate surface area is 128 Å². The molecule has 2 aromatic rings. The summed E-state index contributed by atoms with van der Waals surface area (Å²) in [4.78, 5) is 11.9. The van der Waals surface area contributed by atoms with Gasteiger partial charge in [-0.05, 0) is 37.7 Å². The molecule has 3 nitrogen and oxygen atoms in total. The van der Waals surface area contributed by atoms with Gasteiger partial charge in [-0.25, -0.2) is 9.97 Å². The van der Waals surface area contributed by atoms with Crippen molar-refractivity contribution in [3.8, 4) is 0 Å². The van der Waals surface area contributed by atoms with Gasteiger partial charge < -0.3 is 5.73 Å². The van der Waals surface area contributed by atoms with E-state index in [1.165, 1.54) is 36.1 Å². The number of fused-ring (bicyclic) bond motifs is 3. The Balaban J connectivity index is 1.93. The third-order valence-electron chi connectivity index (χ3n) is 3.96. The van der Waals surface area contributed by atoms with E-state index in [0.717, 1.165) is 28.2 Å². The van der Waals surface area contributed by atoms with E-state index in [9.17, 15) is 0 Å². The maximum absolute atomic E-state index is 6.21. The minimum absolute atomic E-state index is 0.645. The highest BCUT2D eigenvalue weighted by Gasteiger charge is 2.20. The summed E-state index contributed by atoms with van der Waals surface area (Å²) in [5.41, 5.74) is 7.64. The SMILES string of the molecule is CCC(C)SCc1nc(N)c2c3c(sc2n1)CCCC3. The molecule has 3 rings (SSSR count). The van der Waals surface area contributed by atoms with Crippen LogP contribution in [-0.2, 0) is 18.6 Å². The lowest BCUT2D eigenvalue weighted by molar-refractivity contribution is 0.700. The number of thiophene rings is 1. The van der Waals surface area contributed by atoms with Crippen LogP contribution in [-0.4, -0.2) is 15.2 Å². The number of nitrogens with zero attached hydrogens (tertiary/aromatic N) is 2. The van der Waals surface area contributed by atoms with Gasteiger partial charge in [0, 0.05) is 10.1 Å². The third-order valence-corrected chi connectivity index (χ3v) is 6.47. The molecule has 0 aliphatic heterocycles. The number of anilines is 1. The number of rotatable bonds is 4. The summed E-state index contributed by atoms with van der Waals surface area (Å²) < 4.78 is 0. The molecule has 2 aromatic heterocycles. The smallest absolute Gasteiger partial charge is 0.142 e. The second-order valence-electron chi connectivity index (χ2n) is 5.45. The molecule has 20 heavy (non-hydrogen) atoms. The van der Waals surface area contributed by atoms with Gasteiger partial charge in [-0.2, -0.15) is 11.8 Å². The molecule has 108 valence electrons. The van der Waals surface area contributed by atoms with Crippen molar-refractivity contribution in [3.05, 3.63) is 16.3 Å². The van der Waals surface area contributed by atoms with Crippen LogP contribution in [0.25, 0.3) is 10.2 Å². The van der Waals surface area contributed by atoms with Crippen molar-refractivity contribution in [2.24, 2.45) is 0 Å². The van der Waals surface area contributed by atoms with Gasteiger partial charge in [0.05, 0.1) is 11.1 Å². The van der Waals surface area contributed by atoms with Gasteiger partial charge in [-0.3, -0.25) is 0 Å². The first-order valence-electron chi connectivity index (χ1n) is 7.37. The molecule has 0 spiro atoms. The Morgan fingerprint density at radius 2 is 2.10 bits per heavy atom. The molecule has 1 aliphatic rings. The Hall–Kier alpha value is -0.810. The number of aryl methyl sites for hydroxylation is 2. The number of nitrogens with two attached hydrogens (primary N) is 1. The summed E-state index contributed by atoms with van der Waals surface area (Å²) in [6.45, 7) is 4.46. The van der Waals surface area contributed by atoms with Crippen LogP contribution < -0.4 is 5.73 Å². The van der Waals surface area contributed by atoms with Crippen LogP contribution in [0, 0.1) is 0 Å². The highest BCUT2D eigenvalue weighted by molar-refractivity contribution is 7.99. The molecular formula is C15H21N3S2. The quantitative estimate of drug-likeness (QED) is 0.920. The molecule has 0 amide bonds. The van der Waals surface area contributed by atoms with Crippen molar-refractivity contribution in [2.75, 3.05) is 5.73 Å². The Morgan fingerprint density at radius 1 is 1.30 bits per heavy atom. The van der Waals surface area contributed by atoms with Crippen LogP contribution in [0.2, 0.25) is 0 Å². The molecule has 1 aliphatic carbocycles.